The number of nitrogens with zero attached hydrogens (tertiary/aromatic N) is 6. The van der Waals surface area contributed by atoms with Crippen molar-refractivity contribution in [3.05, 3.63) is 93.5 Å². The summed E-state index contributed by atoms with van der Waals surface area (Å²) in [6, 6.07) is 1.30. The van der Waals surface area contributed by atoms with Gasteiger partial charge in [-0.05, 0) is 91.6 Å². The molecule has 274 valence electrons. The zero-order chi connectivity index (χ0) is 36.3. The van der Waals surface area contributed by atoms with Crippen LogP contribution in [-0.4, -0.2) is 92.7 Å². The fourth-order valence-electron chi connectivity index (χ4n) is 7.87. The van der Waals surface area contributed by atoms with Gasteiger partial charge in [0.15, 0.2) is 0 Å². The van der Waals surface area contributed by atoms with Crippen LogP contribution in [0.1, 0.15) is 70.7 Å². The number of piperazine rings is 1. The van der Waals surface area contributed by atoms with Crippen molar-refractivity contribution >= 4 is 39.5 Å². The lowest BCUT2D eigenvalue weighted by Crippen LogP contribution is -2.63. The fourth-order valence-corrected chi connectivity index (χ4v) is 8.57. The molecule has 0 radical (unpaired) electrons. The summed E-state index contributed by atoms with van der Waals surface area (Å²) in [7, 11) is 1.69. The maximum Gasteiger partial charge on any atom is 0.411 e. The van der Waals surface area contributed by atoms with Crippen molar-refractivity contribution in [1.29, 1.82) is 0 Å². The summed E-state index contributed by atoms with van der Waals surface area (Å²) in [6.07, 6.45) is 21.5. The van der Waals surface area contributed by atoms with Crippen LogP contribution in [-0.2, 0) is 27.2 Å². The van der Waals surface area contributed by atoms with E-state index in [0.29, 0.717) is 32.7 Å². The number of carbonyl (C=O) groups is 2. The summed E-state index contributed by atoms with van der Waals surface area (Å²) in [4.78, 5) is 44.1. The lowest BCUT2D eigenvalue weighted by Gasteiger charge is -2.48. The maximum atomic E-state index is 15.0. The molecule has 4 aliphatic rings. The smallest absolute Gasteiger partial charge is 0.411 e. The molecular weight excluding hydrogens is 732 g/mol. The van der Waals surface area contributed by atoms with Gasteiger partial charge in [-0.25, -0.2) is 9.78 Å². The molecule has 2 aromatic heterocycles. The minimum Gasteiger partial charge on any atom is -0.501 e. The van der Waals surface area contributed by atoms with Crippen LogP contribution < -0.4 is 0 Å². The Bertz CT molecular complexity index is 1720. The van der Waals surface area contributed by atoms with Crippen LogP contribution in [0, 0.1) is 11.3 Å². The van der Waals surface area contributed by atoms with Gasteiger partial charge in [-0.2, -0.15) is 0 Å². The van der Waals surface area contributed by atoms with Gasteiger partial charge in [0.25, 0.3) is 0 Å². The second kappa shape index (κ2) is 15.7. The van der Waals surface area contributed by atoms with E-state index in [1.165, 1.54) is 5.56 Å². The molecule has 1 fully saturated rings. The first kappa shape index (κ1) is 37.4. The Morgan fingerprint density at radius 2 is 2.00 bits per heavy atom. The average Bonchev–Trinajstić information content (AvgIpc) is 3.57. The molecule has 3 heterocycles. The van der Waals surface area contributed by atoms with Crippen molar-refractivity contribution in [1.82, 2.24) is 29.2 Å². The molecule has 4 unspecified atom stereocenters. The molecule has 6 rings (SSSR count). The molecule has 1 saturated heterocycles. The standard InChI is InChI=1S/C39H50BrClN6O4/c1-38(2,3)51-37(49)47-20-19-45(35-32-12-9-30(41)22-39(32,4)14-13-28-21-29(40)23-43-34(28)35)25-33(47)36(48)46(17-6-16-44-18-15-42-26-44)24-27-7-10-31(50-5)11-8-27/h7,9-10,12,15,18,21-23,26,32-33,35H,6,8,11,13-14,16-17,19-20,24-25H2,1-5H3. The average molecular weight is 782 g/mol. The molecule has 0 N–H and O–H groups in total. The molecule has 2 aromatic rings. The minimum absolute atomic E-state index is 0.0687. The SMILES string of the molecule is COC1=CC=C(CN(CCCn2ccnc2)C(=O)C2CN(C3c4ncc(Br)cc4CCC4(C)C=C(Cl)C=CC34)CCN2C(=O)OC(C)(C)C)CC1. The number of hydrogen-bond donors (Lipinski definition) is 0. The number of amides is 2. The van der Waals surface area contributed by atoms with Crippen LogP contribution in [0.15, 0.2) is 82.2 Å². The quantitative estimate of drug-likeness (QED) is 0.261. The van der Waals surface area contributed by atoms with Gasteiger partial charge in [-0.3, -0.25) is 19.6 Å². The topological polar surface area (TPSA) is 93.0 Å². The van der Waals surface area contributed by atoms with Crippen molar-refractivity contribution in [3.8, 4) is 0 Å². The van der Waals surface area contributed by atoms with Gasteiger partial charge in [0, 0.05) is 79.7 Å². The summed E-state index contributed by atoms with van der Waals surface area (Å²) in [5.74, 6) is 0.917. The van der Waals surface area contributed by atoms with Crippen molar-refractivity contribution < 1.29 is 19.1 Å². The van der Waals surface area contributed by atoms with Crippen molar-refractivity contribution in [2.24, 2.45) is 11.3 Å². The van der Waals surface area contributed by atoms with Crippen LogP contribution in [0.3, 0.4) is 0 Å². The second-order valence-electron chi connectivity index (χ2n) is 15.3. The number of methoxy groups -OCH3 is 1. The van der Waals surface area contributed by atoms with Crippen molar-refractivity contribution in [2.45, 2.75) is 84.0 Å². The number of halogens is 2. The molecule has 1 aliphatic heterocycles. The van der Waals surface area contributed by atoms with Crippen LogP contribution in [0.25, 0.3) is 0 Å². The molecule has 0 bridgehead atoms. The molecule has 0 aromatic carbocycles. The molecule has 0 saturated carbocycles. The first-order valence-corrected chi connectivity index (χ1v) is 19.1. The molecule has 3 aliphatic carbocycles. The lowest BCUT2D eigenvalue weighted by atomic mass is 9.68. The van der Waals surface area contributed by atoms with E-state index in [1.807, 2.05) is 54.8 Å². The maximum absolute atomic E-state index is 15.0. The molecule has 51 heavy (non-hydrogen) atoms. The zero-order valence-corrected chi connectivity index (χ0v) is 32.7. The number of carbonyl (C=O) groups excluding carboxylic acids is 2. The van der Waals surface area contributed by atoms with Gasteiger partial charge in [0.2, 0.25) is 5.91 Å². The number of fused-ring (bicyclic) bond motifs is 2. The highest BCUT2D eigenvalue weighted by atomic mass is 79.9. The lowest BCUT2D eigenvalue weighted by molar-refractivity contribution is -0.140. The number of rotatable bonds is 9. The third-order valence-corrected chi connectivity index (χ3v) is 11.2. The first-order valence-electron chi connectivity index (χ1n) is 18.0. The molecule has 4 atom stereocenters. The van der Waals surface area contributed by atoms with Gasteiger partial charge in [0.1, 0.15) is 11.6 Å². The molecule has 2 amide bonds. The number of allylic oxidation sites excluding steroid dienone is 6. The minimum atomic E-state index is -0.753. The molecular formula is C39H50BrClN6O4. The summed E-state index contributed by atoms with van der Waals surface area (Å²) in [6.45, 7) is 10.9. The van der Waals surface area contributed by atoms with E-state index in [4.69, 9.17) is 26.1 Å². The number of aryl methyl sites for hydroxylation is 2. The van der Waals surface area contributed by atoms with E-state index in [-0.39, 0.29) is 23.3 Å². The zero-order valence-electron chi connectivity index (χ0n) is 30.4. The van der Waals surface area contributed by atoms with Gasteiger partial charge in [-0.1, -0.05) is 42.3 Å². The fraction of sp³-hybridized carbons (Fsp3) is 0.538. The third-order valence-electron chi connectivity index (χ3n) is 10.5. The Morgan fingerprint density at radius 1 is 1.18 bits per heavy atom. The Morgan fingerprint density at radius 3 is 2.71 bits per heavy atom. The van der Waals surface area contributed by atoms with Crippen LogP contribution in [0.2, 0.25) is 0 Å². The van der Waals surface area contributed by atoms with Gasteiger partial charge in [-0.15, -0.1) is 0 Å². The van der Waals surface area contributed by atoms with Gasteiger partial charge in [0.05, 0.1) is 30.9 Å². The number of ether oxygens (including phenoxy) is 2. The molecule has 0 spiro atoms. The highest BCUT2D eigenvalue weighted by Crippen LogP contribution is 2.51. The third kappa shape index (κ3) is 8.80. The summed E-state index contributed by atoms with van der Waals surface area (Å²) in [5.41, 5.74) is 2.44. The number of aromatic nitrogens is 3. The second-order valence-corrected chi connectivity index (χ2v) is 16.7. The van der Waals surface area contributed by atoms with E-state index >= 15 is 4.79 Å². The summed E-state index contributed by atoms with van der Waals surface area (Å²) < 4.78 is 14.4. The Kier molecular flexibility index (Phi) is 11.5. The van der Waals surface area contributed by atoms with E-state index in [2.05, 4.69) is 57.0 Å². The van der Waals surface area contributed by atoms with E-state index in [1.54, 1.807) is 24.5 Å². The first-order chi connectivity index (χ1) is 24.3. The van der Waals surface area contributed by atoms with Crippen LogP contribution in [0.4, 0.5) is 4.79 Å². The van der Waals surface area contributed by atoms with Gasteiger partial charge < -0.3 is 18.9 Å². The molecule has 12 heteroatoms. The number of imidazole rings is 1. The normalized spacial score (nSPS) is 25.1. The summed E-state index contributed by atoms with van der Waals surface area (Å²) in [5, 5.41) is 0.742. The van der Waals surface area contributed by atoms with Gasteiger partial charge >= 0.3 is 6.09 Å². The van der Waals surface area contributed by atoms with E-state index < -0.39 is 17.7 Å². The predicted octanol–water partition coefficient (Wildman–Crippen LogP) is 7.43. The Hall–Kier alpha value is -3.41. The van der Waals surface area contributed by atoms with Crippen molar-refractivity contribution in [2.75, 3.05) is 39.8 Å². The van der Waals surface area contributed by atoms with Crippen LogP contribution in [0.5, 0.6) is 0 Å². The van der Waals surface area contributed by atoms with Crippen LogP contribution >= 0.6 is 27.5 Å². The van der Waals surface area contributed by atoms with E-state index in [0.717, 1.165) is 65.2 Å². The number of hydrogen-bond acceptors (Lipinski definition) is 7. The Balaban J connectivity index is 1.35. The Labute approximate surface area is 315 Å². The largest absolute Gasteiger partial charge is 0.501 e. The predicted molar refractivity (Wildman–Crippen MR) is 202 cm³/mol. The highest BCUT2D eigenvalue weighted by molar-refractivity contribution is 9.10. The molecule has 10 nitrogen and oxygen atoms in total. The number of pyridine rings is 1. The van der Waals surface area contributed by atoms with Crippen molar-refractivity contribution in [3.63, 3.8) is 0 Å². The van der Waals surface area contributed by atoms with E-state index in [9.17, 15) is 4.79 Å². The summed E-state index contributed by atoms with van der Waals surface area (Å²) >= 11 is 10.3. The monoisotopic (exact) mass is 780 g/mol. The highest BCUT2D eigenvalue weighted by Gasteiger charge is 2.48.